The smallest absolute Gasteiger partial charge is 0.0230 e. The summed E-state index contributed by atoms with van der Waals surface area (Å²) in [7, 11) is 0. The Bertz CT molecular complexity index is 889. The number of rotatable bonds is 1. The predicted octanol–water partition coefficient (Wildman–Crippen LogP) is 11.7. The first kappa shape index (κ1) is 28.8. The second-order valence-electron chi connectivity index (χ2n) is 20.0. The molecule has 0 heterocycles. The van der Waals surface area contributed by atoms with Gasteiger partial charge in [0.05, 0.1) is 0 Å². The highest BCUT2D eigenvalue weighted by molar-refractivity contribution is 5.17. The fraction of sp³-hybridized carbons (Fsp3) is 1.00. The highest BCUT2D eigenvalue weighted by atomic mass is 14.7. The Labute approximate surface area is 250 Å². The average Bonchev–Trinajstić information content (AvgIpc) is 3.41. The number of fused-ring (bicyclic) bond motifs is 11. The second kappa shape index (κ2) is 10.0. The van der Waals surface area contributed by atoms with Gasteiger partial charge in [0.15, 0.2) is 0 Å². The van der Waals surface area contributed by atoms with Gasteiger partial charge in [0.1, 0.15) is 0 Å². The van der Waals surface area contributed by atoms with Crippen molar-refractivity contribution in [3.05, 3.63) is 0 Å². The van der Waals surface area contributed by atoms with Crippen molar-refractivity contribution in [1.29, 1.82) is 0 Å². The molecule has 7 saturated carbocycles. The Kier molecular flexibility index (Phi) is 7.20. The SMILES string of the molecule is CC(C)C1CCC2C3C4CC5C6CCCCC6CCC5C4CCC3C3(CC(C(C)(C)C)CC(C(C)(C)C)C3)C2C1. The van der Waals surface area contributed by atoms with Crippen molar-refractivity contribution >= 4 is 0 Å². The zero-order valence-corrected chi connectivity index (χ0v) is 28.2. The van der Waals surface area contributed by atoms with Crippen LogP contribution in [-0.4, -0.2) is 0 Å². The van der Waals surface area contributed by atoms with Gasteiger partial charge in [-0.1, -0.05) is 74.7 Å². The molecule has 13 atom stereocenters. The molecule has 0 radical (unpaired) electrons. The van der Waals surface area contributed by atoms with E-state index in [-0.39, 0.29) is 0 Å². The van der Waals surface area contributed by atoms with Gasteiger partial charge in [-0.15, -0.1) is 0 Å². The molecule has 0 N–H and O–H groups in total. The highest BCUT2D eigenvalue weighted by Crippen LogP contribution is 2.75. The zero-order chi connectivity index (χ0) is 28.2. The van der Waals surface area contributed by atoms with Gasteiger partial charge in [-0.2, -0.15) is 0 Å². The summed E-state index contributed by atoms with van der Waals surface area (Å²) in [5, 5.41) is 0. The molecule has 228 valence electrons. The van der Waals surface area contributed by atoms with E-state index in [1.54, 1.807) is 89.9 Å². The van der Waals surface area contributed by atoms with Gasteiger partial charge < -0.3 is 0 Å². The molecule has 7 aliphatic rings. The molecule has 7 aliphatic carbocycles. The van der Waals surface area contributed by atoms with E-state index in [0.29, 0.717) is 16.2 Å². The molecule has 0 aliphatic heterocycles. The van der Waals surface area contributed by atoms with Crippen LogP contribution in [0.5, 0.6) is 0 Å². The first-order valence-electron chi connectivity index (χ1n) is 18.9. The van der Waals surface area contributed by atoms with Crippen LogP contribution in [0.15, 0.2) is 0 Å². The Balaban J connectivity index is 1.27. The summed E-state index contributed by atoms with van der Waals surface area (Å²) < 4.78 is 0. The van der Waals surface area contributed by atoms with Crippen molar-refractivity contribution in [2.75, 3.05) is 0 Å². The van der Waals surface area contributed by atoms with Crippen LogP contribution < -0.4 is 0 Å². The van der Waals surface area contributed by atoms with E-state index >= 15 is 0 Å². The monoisotopic (exact) mass is 549 g/mol. The highest BCUT2D eigenvalue weighted by Gasteiger charge is 2.68. The van der Waals surface area contributed by atoms with Crippen LogP contribution >= 0.6 is 0 Å². The van der Waals surface area contributed by atoms with E-state index in [0.717, 1.165) is 82.9 Å². The van der Waals surface area contributed by atoms with Crippen LogP contribution in [0.4, 0.5) is 0 Å². The van der Waals surface area contributed by atoms with Crippen molar-refractivity contribution in [2.45, 2.75) is 152 Å². The molecule has 40 heavy (non-hydrogen) atoms. The zero-order valence-electron chi connectivity index (χ0n) is 28.2. The summed E-state index contributed by atoms with van der Waals surface area (Å²) in [6.45, 7) is 20.8. The summed E-state index contributed by atoms with van der Waals surface area (Å²) in [5.41, 5.74) is 1.56. The fourth-order valence-corrected chi connectivity index (χ4v) is 14.5. The molecular weight excluding hydrogens is 480 g/mol. The number of hydrogen-bond acceptors (Lipinski definition) is 0. The molecule has 0 aromatic rings. The molecule has 13 unspecified atom stereocenters. The molecular formula is C40H68. The molecule has 7 fully saturated rings. The summed E-state index contributed by atoms with van der Waals surface area (Å²) in [6, 6.07) is 0. The minimum Gasteiger partial charge on any atom is -0.0625 e. The van der Waals surface area contributed by atoms with Gasteiger partial charge in [-0.25, -0.2) is 0 Å². The maximum atomic E-state index is 2.61. The lowest BCUT2D eigenvalue weighted by Crippen LogP contribution is -2.49. The van der Waals surface area contributed by atoms with Crippen molar-refractivity contribution < 1.29 is 0 Å². The minimum absolute atomic E-state index is 0.451. The molecule has 0 saturated heterocycles. The summed E-state index contributed by atoms with van der Waals surface area (Å²) in [4.78, 5) is 0. The number of hydrogen-bond donors (Lipinski definition) is 0. The Morgan fingerprint density at radius 2 is 1.15 bits per heavy atom. The van der Waals surface area contributed by atoms with Crippen molar-refractivity contribution in [1.82, 2.24) is 0 Å². The molecule has 0 aromatic heterocycles. The summed E-state index contributed by atoms with van der Waals surface area (Å²) in [5.74, 6) is 14.7. The third-order valence-electron chi connectivity index (χ3n) is 16.5. The summed E-state index contributed by atoms with van der Waals surface area (Å²) in [6.07, 6.45) is 23.9. The standard InChI is InChI=1S/C40H68/c1-24(2)26-14-16-32-36(19-26)40(22-27(38(3,4)5)20-28(23-40)39(6,7)8)35-18-17-31-30-15-13-25-11-9-10-12-29(25)33(30)21-34(31)37(32)35/h24-37H,9-23H2,1-8H3. The molecule has 0 amide bonds. The van der Waals surface area contributed by atoms with Crippen LogP contribution in [0.1, 0.15) is 152 Å². The van der Waals surface area contributed by atoms with Crippen LogP contribution in [0, 0.1) is 99.1 Å². The van der Waals surface area contributed by atoms with Crippen molar-refractivity contribution in [3.8, 4) is 0 Å². The van der Waals surface area contributed by atoms with Crippen molar-refractivity contribution in [2.24, 2.45) is 99.1 Å². The average molecular weight is 549 g/mol. The fourth-order valence-electron chi connectivity index (χ4n) is 14.5. The topological polar surface area (TPSA) is 0 Å². The van der Waals surface area contributed by atoms with Crippen molar-refractivity contribution in [3.63, 3.8) is 0 Å². The van der Waals surface area contributed by atoms with E-state index in [2.05, 4.69) is 55.4 Å². The van der Waals surface area contributed by atoms with Crippen LogP contribution in [0.25, 0.3) is 0 Å². The van der Waals surface area contributed by atoms with E-state index in [1.165, 1.54) is 6.42 Å². The first-order valence-corrected chi connectivity index (χ1v) is 18.9. The van der Waals surface area contributed by atoms with Crippen LogP contribution in [0.2, 0.25) is 0 Å². The Hall–Kier alpha value is 0. The molecule has 1 spiro atoms. The van der Waals surface area contributed by atoms with E-state index in [4.69, 9.17) is 0 Å². The maximum Gasteiger partial charge on any atom is -0.0230 e. The van der Waals surface area contributed by atoms with Gasteiger partial charge in [0, 0.05) is 0 Å². The van der Waals surface area contributed by atoms with Gasteiger partial charge in [0.2, 0.25) is 0 Å². The third kappa shape index (κ3) is 4.46. The van der Waals surface area contributed by atoms with Gasteiger partial charge in [-0.05, 0) is 176 Å². The Morgan fingerprint density at radius 1 is 0.525 bits per heavy atom. The normalized spacial score (nSPS) is 52.6. The molecule has 0 aromatic carbocycles. The lowest BCUT2D eigenvalue weighted by atomic mass is 9.48. The second-order valence-corrected chi connectivity index (χ2v) is 20.0. The van der Waals surface area contributed by atoms with Crippen LogP contribution in [-0.2, 0) is 0 Å². The molecule has 0 bridgehead atoms. The largest absolute Gasteiger partial charge is 0.0625 e. The third-order valence-corrected chi connectivity index (χ3v) is 16.5. The quantitative estimate of drug-likeness (QED) is 0.306. The lowest BCUT2D eigenvalue weighted by Gasteiger charge is -2.57. The van der Waals surface area contributed by atoms with Gasteiger partial charge >= 0.3 is 0 Å². The lowest BCUT2D eigenvalue weighted by molar-refractivity contribution is -0.0764. The minimum atomic E-state index is 0.451. The molecule has 0 nitrogen and oxygen atoms in total. The summed E-state index contributed by atoms with van der Waals surface area (Å²) >= 11 is 0. The molecule has 7 rings (SSSR count). The van der Waals surface area contributed by atoms with Gasteiger partial charge in [0.25, 0.3) is 0 Å². The first-order chi connectivity index (χ1) is 18.9. The van der Waals surface area contributed by atoms with E-state index < -0.39 is 0 Å². The van der Waals surface area contributed by atoms with E-state index in [1.807, 2.05) is 0 Å². The molecule has 0 heteroatoms. The van der Waals surface area contributed by atoms with Gasteiger partial charge in [-0.3, -0.25) is 0 Å². The predicted molar refractivity (Wildman–Crippen MR) is 171 cm³/mol. The van der Waals surface area contributed by atoms with Crippen LogP contribution in [0.3, 0.4) is 0 Å². The maximum absolute atomic E-state index is 2.61. The Morgan fingerprint density at radius 3 is 1.82 bits per heavy atom. The van der Waals surface area contributed by atoms with E-state index in [9.17, 15) is 0 Å².